The first-order chi connectivity index (χ1) is 14.0. The van der Waals surface area contributed by atoms with Crippen molar-refractivity contribution < 1.29 is 17.7 Å². The van der Waals surface area contributed by atoms with E-state index in [1.807, 2.05) is 24.3 Å². The standard InChI is InChI=1S/C20H17N3O5S/c1-27-16-5-2-14(3-6-16)13-23-18-8-7-17(12-15(18)4-9-20(23)24)29(25,26)22-19-10-11-28-21-19/h2-12H,13H2,1H3,(H,21,22). The van der Waals surface area contributed by atoms with E-state index in [0.29, 0.717) is 17.4 Å². The second-order valence-electron chi connectivity index (χ2n) is 6.32. The van der Waals surface area contributed by atoms with Crippen LogP contribution >= 0.6 is 0 Å². The van der Waals surface area contributed by atoms with Gasteiger partial charge in [0, 0.05) is 12.1 Å². The van der Waals surface area contributed by atoms with Crippen LogP contribution in [0.2, 0.25) is 0 Å². The Kier molecular flexibility index (Phi) is 4.81. The van der Waals surface area contributed by atoms with Gasteiger partial charge in [0.2, 0.25) is 0 Å². The fraction of sp³-hybridized carbons (Fsp3) is 0.100. The van der Waals surface area contributed by atoms with Crippen LogP contribution < -0.4 is 15.0 Å². The average molecular weight is 411 g/mol. The third-order valence-corrected chi connectivity index (χ3v) is 5.80. The summed E-state index contributed by atoms with van der Waals surface area (Å²) in [5.74, 6) is 0.822. The van der Waals surface area contributed by atoms with Crippen molar-refractivity contribution in [3.8, 4) is 5.75 Å². The SMILES string of the molecule is COc1ccc(Cn2c(=O)ccc3cc(S(=O)(=O)Nc4ccon4)ccc32)cc1. The van der Waals surface area contributed by atoms with Gasteiger partial charge in [0.25, 0.3) is 15.6 Å². The summed E-state index contributed by atoms with van der Waals surface area (Å²) in [6.07, 6.45) is 1.27. The van der Waals surface area contributed by atoms with Gasteiger partial charge >= 0.3 is 0 Å². The van der Waals surface area contributed by atoms with Gasteiger partial charge in [0.1, 0.15) is 12.0 Å². The van der Waals surface area contributed by atoms with E-state index in [9.17, 15) is 13.2 Å². The number of sulfonamides is 1. The van der Waals surface area contributed by atoms with Gasteiger partial charge in [0.15, 0.2) is 5.82 Å². The molecule has 2 aromatic carbocycles. The highest BCUT2D eigenvalue weighted by Gasteiger charge is 2.17. The zero-order valence-electron chi connectivity index (χ0n) is 15.4. The summed E-state index contributed by atoms with van der Waals surface area (Å²) in [6.45, 7) is 0.351. The van der Waals surface area contributed by atoms with Gasteiger partial charge in [-0.15, -0.1) is 0 Å². The van der Waals surface area contributed by atoms with E-state index < -0.39 is 10.0 Å². The first kappa shape index (κ1) is 18.8. The molecular weight excluding hydrogens is 394 g/mol. The smallest absolute Gasteiger partial charge is 0.263 e. The molecule has 0 amide bonds. The largest absolute Gasteiger partial charge is 0.497 e. The molecule has 4 aromatic rings. The Hall–Kier alpha value is -3.59. The molecule has 1 N–H and O–H groups in total. The molecule has 0 fully saturated rings. The number of nitrogens with zero attached hydrogens (tertiary/aromatic N) is 2. The molecule has 148 valence electrons. The summed E-state index contributed by atoms with van der Waals surface area (Å²) in [5.41, 5.74) is 1.38. The molecular formula is C20H17N3O5S. The van der Waals surface area contributed by atoms with E-state index in [4.69, 9.17) is 4.74 Å². The van der Waals surface area contributed by atoms with Gasteiger partial charge in [-0.1, -0.05) is 17.3 Å². The lowest BCUT2D eigenvalue weighted by Gasteiger charge is -2.12. The Balaban J connectivity index is 1.71. The highest BCUT2D eigenvalue weighted by atomic mass is 32.2. The lowest BCUT2D eigenvalue weighted by Crippen LogP contribution is -2.20. The number of benzene rings is 2. The van der Waals surface area contributed by atoms with Crippen molar-refractivity contribution in [2.75, 3.05) is 11.8 Å². The van der Waals surface area contributed by atoms with Crippen LogP contribution in [0.4, 0.5) is 5.82 Å². The van der Waals surface area contributed by atoms with Gasteiger partial charge < -0.3 is 13.8 Å². The number of rotatable bonds is 6. The fourth-order valence-electron chi connectivity index (χ4n) is 2.99. The predicted octanol–water partition coefficient (Wildman–Crippen LogP) is 2.85. The van der Waals surface area contributed by atoms with Crippen LogP contribution in [-0.2, 0) is 16.6 Å². The van der Waals surface area contributed by atoms with Crippen molar-refractivity contribution in [2.24, 2.45) is 0 Å². The van der Waals surface area contributed by atoms with Crippen LogP contribution in [0.3, 0.4) is 0 Å². The Bertz CT molecular complexity index is 1310. The number of methoxy groups -OCH3 is 1. The van der Waals surface area contributed by atoms with Crippen molar-refractivity contribution >= 4 is 26.7 Å². The summed E-state index contributed by atoms with van der Waals surface area (Å²) < 4.78 is 38.9. The second-order valence-corrected chi connectivity index (χ2v) is 8.00. The van der Waals surface area contributed by atoms with Gasteiger partial charge in [-0.25, -0.2) is 8.42 Å². The third-order valence-electron chi connectivity index (χ3n) is 4.45. The number of anilines is 1. The molecule has 9 heteroatoms. The van der Waals surface area contributed by atoms with Crippen LogP contribution in [0.25, 0.3) is 10.9 Å². The molecule has 0 saturated heterocycles. The predicted molar refractivity (Wildman–Crippen MR) is 108 cm³/mol. The second kappa shape index (κ2) is 7.44. The van der Waals surface area contributed by atoms with Gasteiger partial charge in [-0.05, 0) is 47.3 Å². The average Bonchev–Trinajstić information content (AvgIpc) is 3.22. The Morgan fingerprint density at radius 2 is 1.86 bits per heavy atom. The number of hydrogen-bond acceptors (Lipinski definition) is 6. The maximum Gasteiger partial charge on any atom is 0.263 e. The molecule has 0 unspecified atom stereocenters. The van der Waals surface area contributed by atoms with Gasteiger partial charge in [-0.3, -0.25) is 9.52 Å². The minimum atomic E-state index is -3.84. The molecule has 2 heterocycles. The number of hydrogen-bond donors (Lipinski definition) is 1. The number of nitrogens with one attached hydrogen (secondary N) is 1. The van der Waals surface area contributed by atoms with E-state index in [-0.39, 0.29) is 16.3 Å². The zero-order valence-corrected chi connectivity index (χ0v) is 16.2. The summed E-state index contributed by atoms with van der Waals surface area (Å²) in [4.78, 5) is 12.5. The topological polar surface area (TPSA) is 103 Å². The Labute approximate surface area is 166 Å². The van der Waals surface area contributed by atoms with Crippen molar-refractivity contribution in [3.63, 3.8) is 0 Å². The highest BCUT2D eigenvalue weighted by Crippen LogP contribution is 2.21. The van der Waals surface area contributed by atoms with Crippen LogP contribution in [-0.4, -0.2) is 25.3 Å². The van der Waals surface area contributed by atoms with E-state index in [2.05, 4.69) is 14.4 Å². The summed E-state index contributed by atoms with van der Waals surface area (Å²) in [7, 11) is -2.25. The number of ether oxygens (including phenoxy) is 1. The van der Waals surface area contributed by atoms with E-state index >= 15 is 0 Å². The third kappa shape index (κ3) is 3.85. The monoisotopic (exact) mass is 411 g/mol. The number of fused-ring (bicyclic) bond motifs is 1. The molecule has 29 heavy (non-hydrogen) atoms. The Morgan fingerprint density at radius 3 is 2.55 bits per heavy atom. The quantitative estimate of drug-likeness (QED) is 0.523. The van der Waals surface area contributed by atoms with Crippen molar-refractivity contribution in [1.82, 2.24) is 9.72 Å². The van der Waals surface area contributed by atoms with Crippen LogP contribution in [0.1, 0.15) is 5.56 Å². The summed E-state index contributed by atoms with van der Waals surface area (Å²) in [6, 6.07) is 16.4. The molecule has 0 aliphatic rings. The maximum absolute atomic E-state index is 12.6. The van der Waals surface area contributed by atoms with Gasteiger partial charge in [0.05, 0.1) is 24.1 Å². The van der Waals surface area contributed by atoms with E-state index in [1.165, 1.54) is 30.5 Å². The summed E-state index contributed by atoms with van der Waals surface area (Å²) >= 11 is 0. The van der Waals surface area contributed by atoms with Crippen molar-refractivity contribution in [1.29, 1.82) is 0 Å². The zero-order chi connectivity index (χ0) is 20.4. The minimum absolute atomic E-state index is 0.0580. The molecule has 0 atom stereocenters. The highest BCUT2D eigenvalue weighted by molar-refractivity contribution is 7.92. The first-order valence-corrected chi connectivity index (χ1v) is 10.1. The van der Waals surface area contributed by atoms with E-state index in [1.54, 1.807) is 23.8 Å². The molecule has 0 aliphatic carbocycles. The molecule has 2 aromatic heterocycles. The molecule has 0 aliphatic heterocycles. The Morgan fingerprint density at radius 1 is 1.07 bits per heavy atom. The van der Waals surface area contributed by atoms with Crippen molar-refractivity contribution in [3.05, 3.63) is 82.8 Å². The maximum atomic E-state index is 12.6. The molecule has 0 radical (unpaired) electrons. The van der Waals surface area contributed by atoms with Crippen molar-refractivity contribution in [2.45, 2.75) is 11.4 Å². The van der Waals surface area contributed by atoms with Gasteiger partial charge in [-0.2, -0.15) is 0 Å². The van der Waals surface area contributed by atoms with Crippen LogP contribution in [0.15, 0.2) is 81.1 Å². The molecule has 0 saturated carbocycles. The molecule has 0 spiro atoms. The number of pyridine rings is 1. The van der Waals surface area contributed by atoms with Crippen LogP contribution in [0.5, 0.6) is 5.75 Å². The van der Waals surface area contributed by atoms with E-state index in [0.717, 1.165) is 11.3 Å². The lowest BCUT2D eigenvalue weighted by atomic mass is 10.1. The molecule has 0 bridgehead atoms. The summed E-state index contributed by atoms with van der Waals surface area (Å²) in [5, 5.41) is 4.18. The molecule has 4 rings (SSSR count). The lowest BCUT2D eigenvalue weighted by molar-refractivity contribution is 0.414. The fourth-order valence-corrected chi connectivity index (χ4v) is 4.01. The first-order valence-electron chi connectivity index (χ1n) is 8.66. The number of aromatic nitrogens is 2. The normalized spacial score (nSPS) is 11.5. The minimum Gasteiger partial charge on any atom is -0.497 e. The van der Waals surface area contributed by atoms with Crippen LogP contribution in [0, 0.1) is 0 Å². The molecule has 8 nitrogen and oxygen atoms in total.